The van der Waals surface area contributed by atoms with Crippen molar-refractivity contribution in [1.29, 1.82) is 0 Å². The van der Waals surface area contributed by atoms with E-state index in [1.54, 1.807) is 24.3 Å². The lowest BCUT2D eigenvalue weighted by atomic mass is 10.1. The van der Waals surface area contributed by atoms with Gasteiger partial charge in [0.25, 0.3) is 0 Å². The largest absolute Gasteiger partial charge is 0.446 e. The van der Waals surface area contributed by atoms with Crippen LogP contribution >= 0.6 is 0 Å². The van der Waals surface area contributed by atoms with Gasteiger partial charge in [-0.3, -0.25) is 4.90 Å². The summed E-state index contributed by atoms with van der Waals surface area (Å²) in [4.78, 5) is 13.4. The van der Waals surface area contributed by atoms with Crippen LogP contribution in [-0.4, -0.2) is 37.6 Å². The molecule has 1 fully saturated rings. The van der Waals surface area contributed by atoms with Crippen molar-refractivity contribution in [2.75, 3.05) is 18.1 Å². The number of aryl methyl sites for hydroxylation is 1. The van der Waals surface area contributed by atoms with Gasteiger partial charge in [-0.25, -0.2) is 4.79 Å². The Hall–Kier alpha value is -1.76. The molecule has 0 aromatic heterocycles. The minimum atomic E-state index is -4.49. The number of fused-ring (bicyclic) bond motifs is 1. The Morgan fingerprint density at radius 1 is 1.17 bits per heavy atom. The first-order chi connectivity index (χ1) is 11.5. The van der Waals surface area contributed by atoms with Gasteiger partial charge in [0.2, 0.25) is 0 Å². The van der Waals surface area contributed by atoms with Crippen LogP contribution in [0.4, 0.5) is 23.7 Å². The lowest BCUT2D eigenvalue weighted by Crippen LogP contribution is -2.50. The van der Waals surface area contributed by atoms with Crippen LogP contribution in [0.5, 0.6) is 0 Å². The number of para-hydroxylation sites is 1. The Labute approximate surface area is 138 Å². The number of nitrogens with zero attached hydrogens (tertiary/aromatic N) is 1. The predicted molar refractivity (Wildman–Crippen MR) is 82.0 cm³/mol. The average molecular weight is 343 g/mol. The maximum Gasteiger partial charge on any atom is 0.415 e. The number of hydrogen-bond donors (Lipinski definition) is 0. The molecule has 2 aliphatic heterocycles. The standard InChI is InChI=1S/C17H20F3NO3/c18-17(19,20)15-7-3-5-12-4-1-2-6-14(12)21(15)16(22)24-13-8-10-23-11-9-13/h1-2,4,6,13,15H,3,5,7-11H2. The van der Waals surface area contributed by atoms with E-state index in [4.69, 9.17) is 9.47 Å². The normalized spacial score (nSPS) is 22.6. The van der Waals surface area contributed by atoms with E-state index in [-0.39, 0.29) is 6.42 Å². The summed E-state index contributed by atoms with van der Waals surface area (Å²) in [6, 6.07) is 4.89. The highest BCUT2D eigenvalue weighted by Gasteiger charge is 2.48. The molecule has 4 nitrogen and oxygen atoms in total. The van der Waals surface area contributed by atoms with Crippen molar-refractivity contribution in [2.45, 2.75) is 50.4 Å². The van der Waals surface area contributed by atoms with Crippen LogP contribution in [0.15, 0.2) is 24.3 Å². The quantitative estimate of drug-likeness (QED) is 0.771. The van der Waals surface area contributed by atoms with Crippen LogP contribution < -0.4 is 4.90 Å². The van der Waals surface area contributed by atoms with Gasteiger partial charge in [0.05, 0.1) is 18.9 Å². The van der Waals surface area contributed by atoms with E-state index in [0.29, 0.717) is 44.6 Å². The van der Waals surface area contributed by atoms with Gasteiger partial charge in [-0.2, -0.15) is 13.2 Å². The maximum atomic E-state index is 13.5. The monoisotopic (exact) mass is 343 g/mol. The summed E-state index contributed by atoms with van der Waals surface area (Å²) in [6.45, 7) is 0.911. The fourth-order valence-corrected chi connectivity index (χ4v) is 3.27. The molecular weight excluding hydrogens is 323 g/mol. The molecule has 2 aliphatic rings. The zero-order valence-electron chi connectivity index (χ0n) is 13.2. The maximum absolute atomic E-state index is 13.5. The van der Waals surface area contributed by atoms with Crippen molar-refractivity contribution in [1.82, 2.24) is 0 Å². The topological polar surface area (TPSA) is 38.8 Å². The summed E-state index contributed by atoms with van der Waals surface area (Å²) in [7, 11) is 0. The molecule has 1 amide bonds. The van der Waals surface area contributed by atoms with Crippen molar-refractivity contribution >= 4 is 11.8 Å². The van der Waals surface area contributed by atoms with Gasteiger partial charge in [0, 0.05) is 12.8 Å². The molecule has 0 radical (unpaired) electrons. The molecule has 0 N–H and O–H groups in total. The SMILES string of the molecule is O=C(OC1CCOCC1)N1c2ccccc2CCCC1C(F)(F)F. The van der Waals surface area contributed by atoms with Crippen molar-refractivity contribution < 1.29 is 27.4 Å². The van der Waals surface area contributed by atoms with E-state index < -0.39 is 24.4 Å². The van der Waals surface area contributed by atoms with E-state index >= 15 is 0 Å². The number of ether oxygens (including phenoxy) is 2. The molecule has 1 aromatic carbocycles. The van der Waals surface area contributed by atoms with Crippen LogP contribution in [-0.2, 0) is 15.9 Å². The van der Waals surface area contributed by atoms with Gasteiger partial charge < -0.3 is 9.47 Å². The molecule has 132 valence electrons. The number of anilines is 1. The molecule has 3 rings (SSSR count). The van der Waals surface area contributed by atoms with E-state index in [0.717, 1.165) is 10.5 Å². The highest BCUT2D eigenvalue weighted by molar-refractivity contribution is 5.90. The molecule has 1 aromatic rings. The van der Waals surface area contributed by atoms with Crippen molar-refractivity contribution in [2.24, 2.45) is 0 Å². The molecule has 0 saturated carbocycles. The molecule has 7 heteroatoms. The number of rotatable bonds is 1. The number of amides is 1. The van der Waals surface area contributed by atoms with E-state index in [1.807, 2.05) is 0 Å². The van der Waals surface area contributed by atoms with Crippen molar-refractivity contribution in [3.05, 3.63) is 29.8 Å². The third kappa shape index (κ3) is 3.66. The van der Waals surface area contributed by atoms with Crippen molar-refractivity contribution in [3.63, 3.8) is 0 Å². The van der Waals surface area contributed by atoms with E-state index in [2.05, 4.69) is 0 Å². The zero-order valence-corrected chi connectivity index (χ0v) is 13.2. The first kappa shape index (κ1) is 17.1. The molecular formula is C17H20F3NO3. The second kappa shape index (κ2) is 7.01. The zero-order chi connectivity index (χ0) is 17.2. The first-order valence-electron chi connectivity index (χ1n) is 8.19. The number of carbonyl (C=O) groups is 1. The average Bonchev–Trinajstić information content (AvgIpc) is 2.75. The van der Waals surface area contributed by atoms with Crippen LogP contribution in [0, 0.1) is 0 Å². The van der Waals surface area contributed by atoms with Gasteiger partial charge in [-0.15, -0.1) is 0 Å². The van der Waals surface area contributed by atoms with Crippen LogP contribution in [0.1, 0.15) is 31.2 Å². The Bertz CT molecular complexity index is 585. The third-order valence-electron chi connectivity index (χ3n) is 4.50. The Balaban J connectivity index is 1.90. The summed E-state index contributed by atoms with van der Waals surface area (Å²) in [5, 5.41) is 0. The van der Waals surface area contributed by atoms with Crippen LogP contribution in [0.2, 0.25) is 0 Å². The summed E-state index contributed by atoms with van der Waals surface area (Å²) >= 11 is 0. The van der Waals surface area contributed by atoms with Gasteiger partial charge in [-0.05, 0) is 30.9 Å². The molecule has 0 aliphatic carbocycles. The predicted octanol–water partition coefficient (Wildman–Crippen LogP) is 4.08. The number of hydrogen-bond acceptors (Lipinski definition) is 3. The molecule has 1 saturated heterocycles. The lowest BCUT2D eigenvalue weighted by molar-refractivity contribution is -0.149. The second-order valence-corrected chi connectivity index (χ2v) is 6.14. The highest BCUT2D eigenvalue weighted by Crippen LogP contribution is 2.37. The second-order valence-electron chi connectivity index (χ2n) is 6.14. The molecule has 24 heavy (non-hydrogen) atoms. The Morgan fingerprint density at radius 2 is 1.88 bits per heavy atom. The fourth-order valence-electron chi connectivity index (χ4n) is 3.27. The van der Waals surface area contributed by atoms with Crippen LogP contribution in [0.25, 0.3) is 0 Å². The number of alkyl halides is 3. The van der Waals surface area contributed by atoms with Gasteiger partial charge in [-0.1, -0.05) is 18.2 Å². The number of benzene rings is 1. The smallest absolute Gasteiger partial charge is 0.415 e. The molecule has 0 spiro atoms. The summed E-state index contributed by atoms with van der Waals surface area (Å²) < 4.78 is 51.2. The Morgan fingerprint density at radius 3 is 2.58 bits per heavy atom. The first-order valence-corrected chi connectivity index (χ1v) is 8.19. The summed E-state index contributed by atoms with van der Waals surface area (Å²) in [5.74, 6) is 0. The van der Waals surface area contributed by atoms with Crippen LogP contribution in [0.3, 0.4) is 0 Å². The van der Waals surface area contributed by atoms with Gasteiger partial charge in [0.1, 0.15) is 12.1 Å². The van der Waals surface area contributed by atoms with E-state index in [9.17, 15) is 18.0 Å². The molecule has 2 heterocycles. The number of halogens is 3. The fraction of sp³-hybridized carbons (Fsp3) is 0.588. The number of carbonyl (C=O) groups excluding carboxylic acids is 1. The highest BCUT2D eigenvalue weighted by atomic mass is 19.4. The molecule has 0 bridgehead atoms. The van der Waals surface area contributed by atoms with Crippen molar-refractivity contribution in [3.8, 4) is 0 Å². The van der Waals surface area contributed by atoms with E-state index in [1.165, 1.54) is 0 Å². The third-order valence-corrected chi connectivity index (χ3v) is 4.50. The molecule has 1 unspecified atom stereocenters. The van der Waals surface area contributed by atoms with Gasteiger partial charge in [0.15, 0.2) is 0 Å². The minimum absolute atomic E-state index is 0.124. The van der Waals surface area contributed by atoms with Gasteiger partial charge >= 0.3 is 12.3 Å². The summed E-state index contributed by atoms with van der Waals surface area (Å²) in [5.41, 5.74) is 1.04. The summed E-state index contributed by atoms with van der Waals surface area (Å²) in [6.07, 6.45) is -4.01. The Kier molecular flexibility index (Phi) is 4.99. The lowest BCUT2D eigenvalue weighted by Gasteiger charge is -2.33. The minimum Gasteiger partial charge on any atom is -0.446 e. The molecule has 1 atom stereocenters.